The van der Waals surface area contributed by atoms with E-state index in [9.17, 15) is 22.4 Å². The van der Waals surface area contributed by atoms with Crippen molar-refractivity contribution >= 4 is 17.2 Å². The van der Waals surface area contributed by atoms with Crippen molar-refractivity contribution in [2.45, 2.75) is 76.5 Å². The third-order valence-electron chi connectivity index (χ3n) is 6.69. The van der Waals surface area contributed by atoms with Crippen LogP contribution < -0.4 is 9.54 Å². The van der Waals surface area contributed by atoms with Crippen LogP contribution in [0.1, 0.15) is 60.8 Å². The minimum absolute atomic E-state index is 0.00395. The molecule has 3 heterocycles. The van der Waals surface area contributed by atoms with E-state index in [0.717, 1.165) is 35.9 Å². The van der Waals surface area contributed by atoms with Crippen LogP contribution in [0.2, 0.25) is 0 Å². The molecule has 0 N–H and O–H groups in total. The van der Waals surface area contributed by atoms with Gasteiger partial charge in [-0.15, -0.1) is 11.3 Å². The second-order valence-electron chi connectivity index (χ2n) is 10.8. The maximum Gasteiger partial charge on any atom is 0.416 e. The van der Waals surface area contributed by atoms with Crippen molar-refractivity contribution in [3.8, 4) is 5.75 Å². The largest absolute Gasteiger partial charge is 0.491 e. The lowest BCUT2D eigenvalue weighted by atomic mass is 9.95. The van der Waals surface area contributed by atoms with E-state index in [4.69, 9.17) is 9.47 Å². The highest BCUT2D eigenvalue weighted by Gasteiger charge is 2.33. The molecule has 0 saturated carbocycles. The number of rotatable bonds is 6. The van der Waals surface area contributed by atoms with Crippen LogP contribution in [0.3, 0.4) is 0 Å². The maximum atomic E-state index is 13.8. The number of ether oxygens (including phenoxy) is 2. The Morgan fingerprint density at radius 3 is 2.62 bits per heavy atom. The topological polar surface area (TPSA) is 56.1 Å². The van der Waals surface area contributed by atoms with Crippen LogP contribution in [0.5, 0.6) is 5.75 Å². The molecule has 2 aliphatic heterocycles. The van der Waals surface area contributed by atoms with Crippen molar-refractivity contribution in [3.63, 3.8) is 0 Å². The summed E-state index contributed by atoms with van der Waals surface area (Å²) in [7, 11) is 1.76. The van der Waals surface area contributed by atoms with Crippen molar-refractivity contribution < 1.29 is 31.8 Å². The van der Waals surface area contributed by atoms with Crippen LogP contribution in [-0.2, 0) is 22.9 Å². The number of amides is 1. The number of halogens is 4. The predicted octanol–water partition coefficient (Wildman–Crippen LogP) is 5.21. The fourth-order valence-electron chi connectivity index (χ4n) is 4.49. The summed E-state index contributed by atoms with van der Waals surface area (Å²) in [4.78, 5) is 20.8. The molecular formula is C26H33F4N3O3S. The molecule has 2 aliphatic rings. The standard InChI is InChI=1S/C26H33F4N3O3S/c1-25(2,3)22-14-33(13-19-6-5-9-35-19)24(37-22)31-23(34)20-10-16(26(28,29)30)7-8-21(20)36-15-18-11-17(27)12-32(18)4/h7-8,10,14,17-19H,5-6,9,11-13,15H2,1-4H3/t17-,18+,19-/m1/s1. The van der Waals surface area contributed by atoms with Crippen LogP contribution in [-0.4, -0.2) is 60.5 Å². The van der Waals surface area contributed by atoms with Gasteiger partial charge in [-0.2, -0.15) is 18.2 Å². The van der Waals surface area contributed by atoms with E-state index in [-0.39, 0.29) is 48.4 Å². The van der Waals surface area contributed by atoms with E-state index in [0.29, 0.717) is 18.0 Å². The Kier molecular flexibility index (Phi) is 8.16. The number of aromatic nitrogens is 1. The molecule has 2 saturated heterocycles. The maximum absolute atomic E-state index is 13.8. The third kappa shape index (κ3) is 6.80. The van der Waals surface area contributed by atoms with Gasteiger partial charge in [0.25, 0.3) is 5.91 Å². The Morgan fingerprint density at radius 1 is 1.27 bits per heavy atom. The van der Waals surface area contributed by atoms with Crippen LogP contribution in [0, 0.1) is 0 Å². The van der Waals surface area contributed by atoms with Crippen LogP contribution in [0.25, 0.3) is 0 Å². The molecule has 2 aromatic rings. The molecular weight excluding hydrogens is 510 g/mol. The number of thiazole rings is 1. The molecule has 6 nitrogen and oxygen atoms in total. The summed E-state index contributed by atoms with van der Waals surface area (Å²) >= 11 is 1.33. The Morgan fingerprint density at radius 2 is 2.03 bits per heavy atom. The fourth-order valence-corrected chi connectivity index (χ4v) is 5.55. The average Bonchev–Trinajstić information content (AvgIpc) is 3.53. The van der Waals surface area contributed by atoms with E-state index in [2.05, 4.69) is 4.99 Å². The van der Waals surface area contributed by atoms with Gasteiger partial charge in [0, 0.05) is 30.3 Å². The first kappa shape index (κ1) is 27.8. The first-order chi connectivity index (χ1) is 17.3. The second kappa shape index (κ2) is 10.9. The lowest BCUT2D eigenvalue weighted by molar-refractivity contribution is -0.137. The van der Waals surface area contributed by atoms with E-state index >= 15 is 0 Å². The minimum atomic E-state index is -4.64. The van der Waals surface area contributed by atoms with Gasteiger partial charge in [0.15, 0.2) is 4.80 Å². The Hall–Kier alpha value is -2.24. The Balaban J connectivity index is 1.69. The highest BCUT2D eigenvalue weighted by molar-refractivity contribution is 7.09. The normalized spacial score (nSPS) is 23.7. The van der Waals surface area contributed by atoms with Crippen molar-refractivity contribution in [2.24, 2.45) is 4.99 Å². The van der Waals surface area contributed by atoms with Crippen molar-refractivity contribution in [3.05, 3.63) is 45.2 Å². The van der Waals surface area contributed by atoms with Crippen molar-refractivity contribution in [2.75, 3.05) is 26.8 Å². The number of nitrogens with zero attached hydrogens (tertiary/aromatic N) is 3. The van der Waals surface area contributed by atoms with Gasteiger partial charge >= 0.3 is 6.18 Å². The van der Waals surface area contributed by atoms with E-state index in [1.807, 2.05) is 31.5 Å². The highest BCUT2D eigenvalue weighted by Crippen LogP contribution is 2.33. The molecule has 0 radical (unpaired) electrons. The summed E-state index contributed by atoms with van der Waals surface area (Å²) in [6.07, 6.45) is -1.59. The number of hydrogen-bond donors (Lipinski definition) is 0. The van der Waals surface area contributed by atoms with Crippen LogP contribution >= 0.6 is 11.3 Å². The molecule has 4 rings (SSSR count). The zero-order valence-corrected chi connectivity index (χ0v) is 22.3. The van der Waals surface area contributed by atoms with Gasteiger partial charge in [-0.3, -0.25) is 9.69 Å². The van der Waals surface area contributed by atoms with Gasteiger partial charge in [0.2, 0.25) is 0 Å². The molecule has 0 aliphatic carbocycles. The monoisotopic (exact) mass is 543 g/mol. The summed E-state index contributed by atoms with van der Waals surface area (Å²) in [5.41, 5.74) is -1.44. The lowest BCUT2D eigenvalue weighted by Crippen LogP contribution is -2.31. The molecule has 3 atom stereocenters. The molecule has 1 aromatic carbocycles. The number of carbonyl (C=O) groups is 1. The number of alkyl halides is 4. The predicted molar refractivity (Wildman–Crippen MR) is 133 cm³/mol. The Bertz CT molecular complexity index is 1180. The molecule has 204 valence electrons. The number of likely N-dealkylation sites (tertiary alicyclic amines) is 1. The molecule has 11 heteroatoms. The first-order valence-electron chi connectivity index (χ1n) is 12.4. The molecule has 37 heavy (non-hydrogen) atoms. The third-order valence-corrected chi connectivity index (χ3v) is 8.13. The van der Waals surface area contributed by atoms with Gasteiger partial charge in [0.1, 0.15) is 18.5 Å². The minimum Gasteiger partial charge on any atom is -0.491 e. The van der Waals surface area contributed by atoms with Crippen molar-refractivity contribution in [1.29, 1.82) is 0 Å². The van der Waals surface area contributed by atoms with Gasteiger partial charge in [0.05, 0.1) is 23.8 Å². The zero-order chi connectivity index (χ0) is 27.0. The molecule has 1 aromatic heterocycles. The second-order valence-corrected chi connectivity index (χ2v) is 11.8. The van der Waals surface area contributed by atoms with E-state index < -0.39 is 23.8 Å². The summed E-state index contributed by atoms with van der Waals surface area (Å²) in [5, 5.41) is 0. The Labute approximate surface area is 217 Å². The van der Waals surface area contributed by atoms with Crippen LogP contribution in [0.15, 0.2) is 29.4 Å². The average molecular weight is 544 g/mol. The van der Waals surface area contributed by atoms with E-state index in [1.54, 1.807) is 11.9 Å². The molecule has 2 fully saturated rings. The van der Waals surface area contributed by atoms with Gasteiger partial charge < -0.3 is 14.0 Å². The summed E-state index contributed by atoms with van der Waals surface area (Å²) in [6.45, 7) is 7.63. The number of likely N-dealkylation sites (N-methyl/N-ethyl adjacent to an activating group) is 1. The molecule has 0 unspecified atom stereocenters. The number of carbonyl (C=O) groups excluding carboxylic acids is 1. The number of hydrogen-bond acceptors (Lipinski definition) is 5. The SMILES string of the molecule is CN1C[C@H](F)C[C@H]1COc1ccc(C(F)(F)F)cc1C(=O)N=c1sc(C(C)(C)C)cn1C[C@H]1CCCO1. The molecule has 0 spiro atoms. The van der Waals surface area contributed by atoms with Crippen molar-refractivity contribution in [1.82, 2.24) is 9.47 Å². The summed E-state index contributed by atoms with van der Waals surface area (Å²) < 4.78 is 67.6. The van der Waals surface area contributed by atoms with Gasteiger partial charge in [-0.05, 0) is 49.9 Å². The fraction of sp³-hybridized carbons (Fsp3) is 0.615. The van der Waals surface area contributed by atoms with Gasteiger partial charge in [-0.25, -0.2) is 4.39 Å². The van der Waals surface area contributed by atoms with Crippen LogP contribution in [0.4, 0.5) is 17.6 Å². The highest BCUT2D eigenvalue weighted by atomic mass is 32.1. The summed E-state index contributed by atoms with van der Waals surface area (Å²) in [6, 6.07) is 2.56. The first-order valence-corrected chi connectivity index (χ1v) is 13.2. The lowest BCUT2D eigenvalue weighted by Gasteiger charge is -2.20. The molecule has 0 bridgehead atoms. The van der Waals surface area contributed by atoms with Gasteiger partial charge in [-0.1, -0.05) is 20.8 Å². The zero-order valence-electron chi connectivity index (χ0n) is 21.5. The quantitative estimate of drug-likeness (QED) is 0.470. The smallest absolute Gasteiger partial charge is 0.416 e. The van der Waals surface area contributed by atoms with E-state index in [1.165, 1.54) is 11.3 Å². The molecule has 1 amide bonds. The summed E-state index contributed by atoms with van der Waals surface area (Å²) in [5.74, 6) is -0.830. The number of benzene rings is 1.